The number of carbonyl (C=O) groups excluding carboxylic acids is 2. The molecular weight excluding hydrogens is 304 g/mol. The van der Waals surface area contributed by atoms with Gasteiger partial charge in [-0.15, -0.1) is 0 Å². The van der Waals surface area contributed by atoms with Gasteiger partial charge < -0.3 is 14.5 Å². The van der Waals surface area contributed by atoms with Crippen molar-refractivity contribution < 1.29 is 14.3 Å². The summed E-state index contributed by atoms with van der Waals surface area (Å²) in [6.45, 7) is 6.06. The van der Waals surface area contributed by atoms with Crippen LogP contribution in [0.25, 0.3) is 0 Å². The fourth-order valence-electron chi connectivity index (χ4n) is 3.01. The van der Waals surface area contributed by atoms with Crippen molar-refractivity contribution in [2.24, 2.45) is 0 Å². The third-order valence-electron chi connectivity index (χ3n) is 4.36. The molecule has 2 heterocycles. The smallest absolute Gasteiger partial charge is 0.242 e. The van der Waals surface area contributed by atoms with Crippen LogP contribution >= 0.6 is 11.6 Å². The molecule has 2 aliphatic rings. The zero-order chi connectivity index (χ0) is 15.9. The zero-order valence-corrected chi connectivity index (χ0v) is 13.5. The zero-order valence-electron chi connectivity index (χ0n) is 12.8. The summed E-state index contributed by atoms with van der Waals surface area (Å²) in [6, 6.07) is 5.38. The van der Waals surface area contributed by atoms with Crippen LogP contribution in [-0.4, -0.2) is 49.6 Å². The molecule has 1 saturated heterocycles. The highest BCUT2D eigenvalue weighted by Gasteiger charge is 2.44. The van der Waals surface area contributed by atoms with E-state index in [0.717, 1.165) is 11.3 Å². The molecule has 1 fully saturated rings. The molecule has 0 N–H and O–H groups in total. The van der Waals surface area contributed by atoms with E-state index in [4.69, 9.17) is 16.3 Å². The van der Waals surface area contributed by atoms with Crippen molar-refractivity contribution in [2.45, 2.75) is 19.3 Å². The number of ether oxygens (including phenoxy) is 1. The summed E-state index contributed by atoms with van der Waals surface area (Å²) in [6.07, 6.45) is 0. The van der Waals surface area contributed by atoms with E-state index in [9.17, 15) is 9.59 Å². The Bertz CT molecular complexity index is 624. The van der Waals surface area contributed by atoms with Crippen molar-refractivity contribution >= 4 is 29.1 Å². The van der Waals surface area contributed by atoms with E-state index in [2.05, 4.69) is 0 Å². The monoisotopic (exact) mass is 322 g/mol. The number of fused-ring (bicyclic) bond motifs is 1. The van der Waals surface area contributed by atoms with Crippen LogP contribution in [0.15, 0.2) is 18.2 Å². The molecule has 0 radical (unpaired) electrons. The van der Waals surface area contributed by atoms with E-state index < -0.39 is 5.41 Å². The molecule has 1 aromatic rings. The molecule has 3 rings (SSSR count). The maximum Gasteiger partial charge on any atom is 0.242 e. The van der Waals surface area contributed by atoms with Gasteiger partial charge in [-0.05, 0) is 37.6 Å². The average molecular weight is 323 g/mol. The van der Waals surface area contributed by atoms with Crippen LogP contribution in [0.4, 0.5) is 5.69 Å². The van der Waals surface area contributed by atoms with Gasteiger partial charge in [-0.3, -0.25) is 9.59 Å². The number of amides is 2. The van der Waals surface area contributed by atoms with Gasteiger partial charge in [0.1, 0.15) is 6.54 Å². The Balaban J connectivity index is 1.85. The molecule has 2 amide bonds. The Hall–Kier alpha value is -1.59. The fraction of sp³-hybridized carbons (Fsp3) is 0.500. The molecular formula is C16H19ClN2O3. The molecule has 5 nitrogen and oxygen atoms in total. The predicted octanol–water partition coefficient (Wildman–Crippen LogP) is 1.82. The Morgan fingerprint density at radius 2 is 2.00 bits per heavy atom. The SMILES string of the molecule is CC1(C)C(=O)N(CC(=O)N2CCOCC2)c2ccc(Cl)cc21. The Morgan fingerprint density at radius 1 is 1.32 bits per heavy atom. The van der Waals surface area contributed by atoms with Gasteiger partial charge in [-0.2, -0.15) is 0 Å². The van der Waals surface area contributed by atoms with Crippen molar-refractivity contribution in [3.8, 4) is 0 Å². The summed E-state index contributed by atoms with van der Waals surface area (Å²) in [7, 11) is 0. The van der Waals surface area contributed by atoms with E-state index in [1.54, 1.807) is 15.9 Å². The van der Waals surface area contributed by atoms with E-state index in [1.807, 2.05) is 26.0 Å². The van der Waals surface area contributed by atoms with E-state index in [1.165, 1.54) is 0 Å². The van der Waals surface area contributed by atoms with Gasteiger partial charge in [0.2, 0.25) is 11.8 Å². The van der Waals surface area contributed by atoms with E-state index >= 15 is 0 Å². The molecule has 0 spiro atoms. The molecule has 0 bridgehead atoms. The lowest BCUT2D eigenvalue weighted by molar-refractivity contribution is -0.135. The lowest BCUT2D eigenvalue weighted by Crippen LogP contribution is -2.47. The van der Waals surface area contributed by atoms with Crippen LogP contribution in [0.3, 0.4) is 0 Å². The number of hydrogen-bond donors (Lipinski definition) is 0. The second kappa shape index (κ2) is 5.56. The molecule has 2 aliphatic heterocycles. The van der Waals surface area contributed by atoms with Gasteiger partial charge >= 0.3 is 0 Å². The minimum Gasteiger partial charge on any atom is -0.378 e. The summed E-state index contributed by atoms with van der Waals surface area (Å²) in [5.74, 6) is -0.110. The normalized spacial score (nSPS) is 20.2. The lowest BCUT2D eigenvalue weighted by Gasteiger charge is -2.29. The predicted molar refractivity (Wildman–Crippen MR) is 84.2 cm³/mol. The third-order valence-corrected chi connectivity index (χ3v) is 4.59. The average Bonchev–Trinajstić information content (AvgIpc) is 2.69. The molecule has 0 saturated carbocycles. The molecule has 22 heavy (non-hydrogen) atoms. The molecule has 6 heteroatoms. The first-order valence-corrected chi connectivity index (χ1v) is 7.76. The molecule has 0 aromatic heterocycles. The highest BCUT2D eigenvalue weighted by atomic mass is 35.5. The topological polar surface area (TPSA) is 49.9 Å². The largest absolute Gasteiger partial charge is 0.378 e. The molecule has 0 aliphatic carbocycles. The van der Waals surface area contributed by atoms with Crippen molar-refractivity contribution in [1.29, 1.82) is 0 Å². The summed E-state index contributed by atoms with van der Waals surface area (Å²) in [5.41, 5.74) is 0.992. The van der Waals surface area contributed by atoms with Gasteiger partial charge in [-0.25, -0.2) is 0 Å². The first kappa shape index (κ1) is 15.3. The van der Waals surface area contributed by atoms with Crippen LogP contribution in [0.1, 0.15) is 19.4 Å². The molecule has 0 unspecified atom stereocenters. The molecule has 0 atom stereocenters. The van der Waals surface area contributed by atoms with Crippen LogP contribution < -0.4 is 4.90 Å². The van der Waals surface area contributed by atoms with Gasteiger partial charge in [-0.1, -0.05) is 11.6 Å². The Labute approximate surface area is 134 Å². The molecule has 1 aromatic carbocycles. The minimum absolute atomic E-state index is 0.0461. The maximum atomic E-state index is 12.7. The lowest BCUT2D eigenvalue weighted by atomic mass is 9.86. The number of nitrogens with zero attached hydrogens (tertiary/aromatic N) is 2. The van der Waals surface area contributed by atoms with Crippen LogP contribution in [0.5, 0.6) is 0 Å². The van der Waals surface area contributed by atoms with Crippen LogP contribution in [0.2, 0.25) is 5.02 Å². The van der Waals surface area contributed by atoms with Gasteiger partial charge in [0.05, 0.1) is 18.6 Å². The maximum absolute atomic E-state index is 12.7. The Morgan fingerprint density at radius 3 is 2.68 bits per heavy atom. The highest BCUT2D eigenvalue weighted by molar-refractivity contribution is 6.31. The minimum atomic E-state index is -0.661. The van der Waals surface area contributed by atoms with Crippen molar-refractivity contribution in [3.05, 3.63) is 28.8 Å². The number of hydrogen-bond acceptors (Lipinski definition) is 3. The quantitative estimate of drug-likeness (QED) is 0.834. The Kier molecular flexibility index (Phi) is 3.87. The highest BCUT2D eigenvalue weighted by Crippen LogP contribution is 2.42. The van der Waals surface area contributed by atoms with Crippen molar-refractivity contribution in [3.63, 3.8) is 0 Å². The van der Waals surface area contributed by atoms with E-state index in [0.29, 0.717) is 31.3 Å². The van der Waals surface area contributed by atoms with Gasteiger partial charge in [0.15, 0.2) is 0 Å². The number of carbonyl (C=O) groups is 2. The first-order valence-electron chi connectivity index (χ1n) is 7.39. The van der Waals surface area contributed by atoms with Crippen molar-refractivity contribution in [1.82, 2.24) is 4.90 Å². The number of rotatable bonds is 2. The summed E-state index contributed by atoms with van der Waals surface area (Å²) >= 11 is 6.05. The number of anilines is 1. The van der Waals surface area contributed by atoms with Crippen molar-refractivity contribution in [2.75, 3.05) is 37.7 Å². The second-order valence-corrected chi connectivity index (χ2v) is 6.61. The summed E-state index contributed by atoms with van der Waals surface area (Å²) in [4.78, 5) is 28.5. The van der Waals surface area contributed by atoms with Gasteiger partial charge in [0, 0.05) is 23.8 Å². The number of benzene rings is 1. The number of halogens is 1. The van der Waals surface area contributed by atoms with E-state index in [-0.39, 0.29) is 18.4 Å². The van der Waals surface area contributed by atoms with Gasteiger partial charge in [0.25, 0.3) is 0 Å². The standard InChI is InChI=1S/C16H19ClN2O3/c1-16(2)12-9-11(17)3-4-13(12)19(15(16)21)10-14(20)18-5-7-22-8-6-18/h3-4,9H,5-8,10H2,1-2H3. The number of morpholine rings is 1. The van der Waals surface area contributed by atoms with Crippen LogP contribution in [-0.2, 0) is 19.7 Å². The fourth-order valence-corrected chi connectivity index (χ4v) is 3.18. The second-order valence-electron chi connectivity index (χ2n) is 6.17. The summed E-state index contributed by atoms with van der Waals surface area (Å²) in [5, 5.41) is 0.598. The summed E-state index contributed by atoms with van der Waals surface area (Å²) < 4.78 is 5.25. The first-order chi connectivity index (χ1) is 10.4. The molecule has 118 valence electrons. The van der Waals surface area contributed by atoms with Crippen LogP contribution in [0, 0.1) is 0 Å². The third kappa shape index (κ3) is 2.48.